The number of hydrogen-bond donors (Lipinski definition) is 1. The summed E-state index contributed by atoms with van der Waals surface area (Å²) in [7, 11) is 2.25. The third-order valence-electron chi connectivity index (χ3n) is 3.39. The molecule has 2 saturated heterocycles. The van der Waals surface area contributed by atoms with Crippen LogP contribution in [0.15, 0.2) is 0 Å². The molecule has 0 spiro atoms. The highest BCUT2D eigenvalue weighted by atomic mass is 15.1. The molecule has 0 amide bonds. The first kappa shape index (κ1) is 7.56. The van der Waals surface area contributed by atoms with Crippen LogP contribution in [0.2, 0.25) is 0 Å². The fourth-order valence-electron chi connectivity index (χ4n) is 2.55. The van der Waals surface area contributed by atoms with Crippen molar-refractivity contribution >= 4 is 0 Å². The molecular weight excluding hydrogens is 136 g/mol. The molecular formula is C9H18N2. The lowest BCUT2D eigenvalue weighted by molar-refractivity contribution is 0.0601. The van der Waals surface area contributed by atoms with E-state index in [1.54, 1.807) is 0 Å². The quantitative estimate of drug-likeness (QED) is 0.543. The van der Waals surface area contributed by atoms with E-state index in [1.165, 1.54) is 26.2 Å². The molecule has 2 aliphatic rings. The zero-order valence-corrected chi connectivity index (χ0v) is 7.51. The number of fused-ring (bicyclic) bond motifs is 2. The Kier molecular flexibility index (Phi) is 1.90. The number of rotatable bonds is 0. The van der Waals surface area contributed by atoms with E-state index in [-0.39, 0.29) is 0 Å². The van der Waals surface area contributed by atoms with Gasteiger partial charge in [-0.25, -0.2) is 0 Å². The Labute approximate surface area is 69.0 Å². The van der Waals surface area contributed by atoms with E-state index in [9.17, 15) is 0 Å². The second kappa shape index (κ2) is 2.76. The van der Waals surface area contributed by atoms with Crippen LogP contribution in [0.25, 0.3) is 0 Å². The lowest BCUT2D eigenvalue weighted by Gasteiger charge is -2.45. The van der Waals surface area contributed by atoms with Gasteiger partial charge in [-0.15, -0.1) is 0 Å². The number of nitrogens with one attached hydrogen (secondary N) is 1. The Balaban J connectivity index is 2.07. The highest BCUT2D eigenvalue weighted by Gasteiger charge is 2.34. The molecule has 2 aliphatic heterocycles. The summed E-state index contributed by atoms with van der Waals surface area (Å²) in [4.78, 5) is 2.48. The number of nitrogens with zero attached hydrogens (tertiary/aromatic N) is 1. The first-order valence-corrected chi connectivity index (χ1v) is 4.66. The lowest BCUT2D eigenvalue weighted by Crippen LogP contribution is -2.54. The molecule has 2 atom stereocenters. The molecule has 2 heteroatoms. The maximum atomic E-state index is 3.51. The largest absolute Gasteiger partial charge is 0.316 e. The Morgan fingerprint density at radius 2 is 1.73 bits per heavy atom. The number of hydrogen-bond acceptors (Lipinski definition) is 2. The molecule has 0 aromatic carbocycles. The first-order valence-electron chi connectivity index (χ1n) is 4.66. The van der Waals surface area contributed by atoms with Crippen LogP contribution in [0.4, 0.5) is 0 Å². The van der Waals surface area contributed by atoms with Gasteiger partial charge >= 0.3 is 0 Å². The van der Waals surface area contributed by atoms with E-state index in [2.05, 4.69) is 24.2 Å². The van der Waals surface area contributed by atoms with E-state index in [4.69, 9.17) is 0 Å². The molecule has 2 rings (SSSR count). The van der Waals surface area contributed by atoms with Crippen molar-refractivity contribution in [2.24, 2.45) is 17.8 Å². The molecule has 2 heterocycles. The van der Waals surface area contributed by atoms with Crippen LogP contribution in [0.3, 0.4) is 0 Å². The van der Waals surface area contributed by atoms with Crippen LogP contribution in [-0.2, 0) is 0 Å². The molecule has 11 heavy (non-hydrogen) atoms. The monoisotopic (exact) mass is 154 g/mol. The molecule has 0 aromatic heterocycles. The zero-order chi connectivity index (χ0) is 7.84. The Morgan fingerprint density at radius 1 is 1.18 bits per heavy atom. The minimum Gasteiger partial charge on any atom is -0.316 e. The van der Waals surface area contributed by atoms with Crippen LogP contribution in [0, 0.1) is 17.8 Å². The number of piperidine rings is 2. The third kappa shape index (κ3) is 1.30. The van der Waals surface area contributed by atoms with Crippen molar-refractivity contribution < 1.29 is 0 Å². The highest BCUT2D eigenvalue weighted by Crippen LogP contribution is 2.29. The van der Waals surface area contributed by atoms with Gasteiger partial charge in [0.2, 0.25) is 0 Å². The van der Waals surface area contributed by atoms with Crippen molar-refractivity contribution in [1.82, 2.24) is 10.2 Å². The van der Waals surface area contributed by atoms with Gasteiger partial charge < -0.3 is 10.2 Å². The minimum absolute atomic E-state index is 0.910. The fourth-order valence-corrected chi connectivity index (χ4v) is 2.55. The zero-order valence-electron chi connectivity index (χ0n) is 7.51. The normalized spacial score (nSPS) is 45.8. The summed E-state index contributed by atoms with van der Waals surface area (Å²) >= 11 is 0. The van der Waals surface area contributed by atoms with Gasteiger partial charge in [0.1, 0.15) is 0 Å². The summed E-state index contributed by atoms with van der Waals surface area (Å²) in [6.07, 6.45) is 0. The van der Waals surface area contributed by atoms with Gasteiger partial charge in [-0.05, 0) is 37.9 Å². The van der Waals surface area contributed by atoms with Crippen LogP contribution in [-0.4, -0.2) is 38.1 Å². The van der Waals surface area contributed by atoms with Crippen LogP contribution in [0.5, 0.6) is 0 Å². The molecule has 0 aliphatic carbocycles. The topological polar surface area (TPSA) is 15.3 Å². The molecule has 2 nitrogen and oxygen atoms in total. The second-order valence-corrected chi connectivity index (χ2v) is 4.26. The highest BCUT2D eigenvalue weighted by molar-refractivity contribution is 4.89. The molecule has 2 unspecified atom stereocenters. The SMILES string of the molecule is CC1C2CNCC1CN(C)C2. The molecule has 0 aromatic rings. The van der Waals surface area contributed by atoms with Gasteiger partial charge in [-0.1, -0.05) is 6.92 Å². The van der Waals surface area contributed by atoms with Crippen molar-refractivity contribution in [1.29, 1.82) is 0 Å². The summed E-state index contributed by atoms with van der Waals surface area (Å²) in [5.41, 5.74) is 0. The smallest absolute Gasteiger partial charge is 0.00215 e. The lowest BCUT2D eigenvalue weighted by atomic mass is 9.76. The van der Waals surface area contributed by atoms with Crippen molar-refractivity contribution in [2.45, 2.75) is 6.92 Å². The predicted molar refractivity (Wildman–Crippen MR) is 46.5 cm³/mol. The average molecular weight is 154 g/mol. The fraction of sp³-hybridized carbons (Fsp3) is 1.00. The molecule has 64 valence electrons. The van der Waals surface area contributed by atoms with Crippen molar-refractivity contribution in [3.05, 3.63) is 0 Å². The minimum atomic E-state index is 0.910. The molecule has 2 bridgehead atoms. The maximum absolute atomic E-state index is 3.51. The van der Waals surface area contributed by atoms with E-state index in [0.717, 1.165) is 17.8 Å². The van der Waals surface area contributed by atoms with E-state index in [1.807, 2.05) is 0 Å². The van der Waals surface area contributed by atoms with Gasteiger partial charge in [0, 0.05) is 13.1 Å². The maximum Gasteiger partial charge on any atom is 0.00215 e. The van der Waals surface area contributed by atoms with Gasteiger partial charge in [0.15, 0.2) is 0 Å². The Morgan fingerprint density at radius 3 is 2.27 bits per heavy atom. The summed E-state index contributed by atoms with van der Waals surface area (Å²) < 4.78 is 0. The summed E-state index contributed by atoms with van der Waals surface area (Å²) in [6.45, 7) is 7.49. The van der Waals surface area contributed by atoms with Crippen LogP contribution < -0.4 is 5.32 Å². The summed E-state index contributed by atoms with van der Waals surface area (Å²) in [5, 5.41) is 3.51. The van der Waals surface area contributed by atoms with Gasteiger partial charge in [0.05, 0.1) is 0 Å². The first-order chi connectivity index (χ1) is 5.27. The molecule has 0 radical (unpaired) electrons. The van der Waals surface area contributed by atoms with Crippen molar-refractivity contribution in [3.8, 4) is 0 Å². The van der Waals surface area contributed by atoms with E-state index < -0.39 is 0 Å². The standard InChI is InChI=1S/C9H18N2/c1-7-8-3-10-4-9(7)6-11(2)5-8/h7-10H,3-6H2,1-2H3. The van der Waals surface area contributed by atoms with Crippen LogP contribution in [0.1, 0.15) is 6.92 Å². The van der Waals surface area contributed by atoms with Gasteiger partial charge in [-0.3, -0.25) is 0 Å². The van der Waals surface area contributed by atoms with E-state index in [0.29, 0.717) is 0 Å². The average Bonchev–Trinajstić information content (AvgIpc) is 1.92. The molecule has 2 fully saturated rings. The summed E-state index contributed by atoms with van der Waals surface area (Å²) in [6, 6.07) is 0. The molecule has 0 saturated carbocycles. The van der Waals surface area contributed by atoms with Gasteiger partial charge in [-0.2, -0.15) is 0 Å². The Bertz CT molecular complexity index is 132. The predicted octanol–water partition coefficient (Wildman–Crippen LogP) is 0.403. The third-order valence-corrected chi connectivity index (χ3v) is 3.39. The van der Waals surface area contributed by atoms with Crippen LogP contribution >= 0.6 is 0 Å². The van der Waals surface area contributed by atoms with E-state index >= 15 is 0 Å². The molecule has 1 N–H and O–H groups in total. The van der Waals surface area contributed by atoms with Gasteiger partial charge in [0.25, 0.3) is 0 Å². The second-order valence-electron chi connectivity index (χ2n) is 4.26. The Hall–Kier alpha value is -0.0800. The number of likely N-dealkylation sites (tertiary alicyclic amines) is 1. The van der Waals surface area contributed by atoms with Crippen molar-refractivity contribution in [2.75, 3.05) is 33.2 Å². The summed E-state index contributed by atoms with van der Waals surface area (Å²) in [5.74, 6) is 2.77. The van der Waals surface area contributed by atoms with Crippen molar-refractivity contribution in [3.63, 3.8) is 0 Å².